The molecule has 4 heteroatoms. The molecule has 0 spiro atoms. The molecule has 0 N–H and O–H groups in total. The van der Waals surface area contributed by atoms with Gasteiger partial charge >= 0.3 is 96.8 Å². The molecule has 1 radical (unpaired) electrons. The molecule has 1 aromatic rings. The second kappa shape index (κ2) is 5.46. The number of halogens is 2. The second-order valence-corrected chi connectivity index (χ2v) is 20.6. The van der Waals surface area contributed by atoms with E-state index >= 15 is 0 Å². The first-order valence-corrected chi connectivity index (χ1v) is 11.2. The molecular weight excluding hydrogens is 366 g/mol. The van der Waals surface area contributed by atoms with Crippen molar-refractivity contribution in [2.45, 2.75) is 13.8 Å². The summed E-state index contributed by atoms with van der Waals surface area (Å²) in [6.07, 6.45) is 2.29. The van der Waals surface area contributed by atoms with Crippen LogP contribution in [0.1, 0.15) is 13.8 Å². The van der Waals surface area contributed by atoms with Gasteiger partial charge in [0.15, 0.2) is 0 Å². The maximum atomic E-state index is 3.94. The summed E-state index contributed by atoms with van der Waals surface area (Å²) in [5.41, 5.74) is 0. The van der Waals surface area contributed by atoms with Crippen molar-refractivity contribution < 1.29 is 17.1 Å². The van der Waals surface area contributed by atoms with Crippen molar-refractivity contribution in [1.82, 2.24) is 0 Å². The van der Waals surface area contributed by atoms with E-state index in [0.29, 0.717) is 0 Å². The van der Waals surface area contributed by atoms with E-state index in [1.165, 1.54) is 5.30 Å². The first kappa shape index (κ1) is 15.1. The van der Waals surface area contributed by atoms with E-state index in [1.54, 1.807) is 0 Å². The summed E-state index contributed by atoms with van der Waals surface area (Å²) in [5.74, 6) is 0. The minimum absolute atomic E-state index is 0. The molecular formula is C10H15Br2MnP. The van der Waals surface area contributed by atoms with Crippen LogP contribution >= 0.6 is 35.0 Å². The van der Waals surface area contributed by atoms with Crippen molar-refractivity contribution in [2.24, 2.45) is 0 Å². The summed E-state index contributed by atoms with van der Waals surface area (Å²) in [7, 11) is 0. The predicted octanol–water partition coefficient (Wildman–Crippen LogP) is 4.52. The Kier molecular flexibility index (Phi) is 5.90. The average molecular weight is 381 g/mol. The molecule has 1 rings (SSSR count). The third kappa shape index (κ3) is 3.06. The number of rotatable bonds is 3. The zero-order valence-corrected chi connectivity index (χ0v) is 13.6. The standard InChI is InChI=1S/C10H15Br2P.Mn/c1-3-13(11,12,4-2)10-8-6-5-7-9-10;/h5-9H,3-4H2,1-2H3;. The normalized spacial score (nSPS) is 13.9. The molecule has 0 heterocycles. The van der Waals surface area contributed by atoms with Crippen molar-refractivity contribution in [3.05, 3.63) is 30.3 Å². The maximum absolute atomic E-state index is 3.94. The van der Waals surface area contributed by atoms with Gasteiger partial charge in [0.1, 0.15) is 0 Å². The Morgan fingerprint density at radius 1 is 1.00 bits per heavy atom. The van der Waals surface area contributed by atoms with Gasteiger partial charge in [-0.25, -0.2) is 0 Å². The molecule has 0 saturated heterocycles. The van der Waals surface area contributed by atoms with Gasteiger partial charge in [0, 0.05) is 17.1 Å². The molecule has 81 valence electrons. The Hall–Kier alpha value is 1.13. The summed E-state index contributed by atoms with van der Waals surface area (Å²) in [6.45, 7) is 4.47. The molecule has 0 amide bonds. The molecule has 14 heavy (non-hydrogen) atoms. The quantitative estimate of drug-likeness (QED) is 0.534. The Morgan fingerprint density at radius 2 is 1.43 bits per heavy atom. The zero-order chi connectivity index (χ0) is 9.97. The van der Waals surface area contributed by atoms with Crippen LogP contribution in [-0.4, -0.2) is 12.3 Å². The topological polar surface area (TPSA) is 0 Å². The number of hydrogen-bond donors (Lipinski definition) is 0. The molecule has 0 aliphatic rings. The molecule has 0 atom stereocenters. The van der Waals surface area contributed by atoms with Gasteiger partial charge in [-0.2, -0.15) is 0 Å². The second-order valence-electron chi connectivity index (χ2n) is 3.22. The van der Waals surface area contributed by atoms with E-state index in [9.17, 15) is 0 Å². The van der Waals surface area contributed by atoms with Crippen molar-refractivity contribution in [1.29, 1.82) is 0 Å². The third-order valence-corrected chi connectivity index (χ3v) is 14.9. The van der Waals surface area contributed by atoms with Crippen LogP contribution in [0.15, 0.2) is 30.3 Å². The van der Waals surface area contributed by atoms with Crippen LogP contribution in [-0.2, 0) is 17.1 Å². The monoisotopic (exact) mass is 379 g/mol. The third-order valence-electron chi connectivity index (χ3n) is 2.56. The van der Waals surface area contributed by atoms with E-state index in [1.807, 2.05) is 0 Å². The smallest absolute Gasteiger partial charge is 0 e. The molecule has 0 fully saturated rings. The van der Waals surface area contributed by atoms with E-state index in [-0.39, 0.29) is 17.1 Å². The van der Waals surface area contributed by atoms with Gasteiger partial charge in [0.2, 0.25) is 0 Å². The summed E-state index contributed by atoms with van der Waals surface area (Å²) in [5, 5.41) is 1.42. The van der Waals surface area contributed by atoms with E-state index < -0.39 is 4.01 Å². The fourth-order valence-corrected chi connectivity index (χ4v) is 4.76. The van der Waals surface area contributed by atoms with Crippen LogP contribution in [0.4, 0.5) is 0 Å². The molecule has 0 unspecified atom stereocenters. The SMILES string of the molecule is CCP(Br)(Br)(CC)c1ccccc1.[Mn]. The Morgan fingerprint density at radius 3 is 1.79 bits per heavy atom. The fraction of sp³-hybridized carbons (Fsp3) is 0.400. The van der Waals surface area contributed by atoms with Crippen LogP contribution in [0.25, 0.3) is 0 Å². The van der Waals surface area contributed by atoms with Crippen LogP contribution in [0, 0.1) is 0 Å². The van der Waals surface area contributed by atoms with Crippen molar-refractivity contribution >= 4 is 40.3 Å². The summed E-state index contributed by atoms with van der Waals surface area (Å²) < 4.78 is -1.92. The summed E-state index contributed by atoms with van der Waals surface area (Å²) in [4.78, 5) is 0. The van der Waals surface area contributed by atoms with Gasteiger partial charge in [-0.3, -0.25) is 0 Å². The van der Waals surface area contributed by atoms with Crippen LogP contribution < -0.4 is 5.30 Å². The molecule has 0 aromatic heterocycles. The number of hydrogen-bond acceptors (Lipinski definition) is 0. The largest absolute Gasteiger partial charge is 0 e. The van der Waals surface area contributed by atoms with Gasteiger partial charge in [-0.15, -0.1) is 0 Å². The Balaban J connectivity index is 0.00000169. The van der Waals surface area contributed by atoms with Crippen LogP contribution in [0.3, 0.4) is 0 Å². The summed E-state index contributed by atoms with van der Waals surface area (Å²) in [6, 6.07) is 10.7. The molecule has 1 aromatic carbocycles. The Labute approximate surface area is 113 Å². The van der Waals surface area contributed by atoms with Crippen LogP contribution in [0.2, 0.25) is 0 Å². The van der Waals surface area contributed by atoms with Crippen molar-refractivity contribution in [3.63, 3.8) is 0 Å². The van der Waals surface area contributed by atoms with Crippen molar-refractivity contribution in [2.75, 3.05) is 12.3 Å². The molecule has 0 aliphatic heterocycles. The van der Waals surface area contributed by atoms with Gasteiger partial charge in [-0.1, -0.05) is 0 Å². The first-order valence-electron chi connectivity index (χ1n) is 4.52. The molecule has 0 nitrogen and oxygen atoms in total. The minimum Gasteiger partial charge on any atom is 0 e. The van der Waals surface area contributed by atoms with E-state index in [0.717, 1.165) is 12.3 Å². The maximum Gasteiger partial charge on any atom is 0 e. The zero-order valence-electron chi connectivity index (χ0n) is 8.38. The summed E-state index contributed by atoms with van der Waals surface area (Å²) >= 11 is 7.89. The fourth-order valence-electron chi connectivity index (χ4n) is 1.34. The predicted molar refractivity (Wildman–Crippen MR) is 71.9 cm³/mol. The van der Waals surface area contributed by atoms with Gasteiger partial charge in [-0.05, 0) is 0 Å². The first-order chi connectivity index (χ1) is 6.02. The van der Waals surface area contributed by atoms with Gasteiger partial charge in [0.05, 0.1) is 0 Å². The van der Waals surface area contributed by atoms with Crippen molar-refractivity contribution in [3.8, 4) is 0 Å². The molecule has 0 aliphatic carbocycles. The molecule has 0 saturated carbocycles. The van der Waals surface area contributed by atoms with Gasteiger partial charge in [0.25, 0.3) is 0 Å². The van der Waals surface area contributed by atoms with E-state index in [4.69, 9.17) is 0 Å². The minimum atomic E-state index is -1.92. The number of benzene rings is 1. The van der Waals surface area contributed by atoms with E-state index in [2.05, 4.69) is 75.2 Å². The van der Waals surface area contributed by atoms with Crippen LogP contribution in [0.5, 0.6) is 0 Å². The van der Waals surface area contributed by atoms with Gasteiger partial charge < -0.3 is 0 Å². The average Bonchev–Trinajstić information content (AvgIpc) is 2.20. The molecule has 0 bridgehead atoms. The Bertz CT molecular complexity index is 279.